The van der Waals surface area contributed by atoms with Crippen LogP contribution in [0.15, 0.2) is 72.2 Å². The number of aliphatic hydroxyl groups is 1. The van der Waals surface area contributed by atoms with Gasteiger partial charge in [-0.25, -0.2) is 4.98 Å². The van der Waals surface area contributed by atoms with Crippen LogP contribution >= 0.6 is 11.3 Å². The highest BCUT2D eigenvalue weighted by atomic mass is 32.1. The molecule has 0 bridgehead atoms. The number of likely N-dealkylation sites (N-methyl/N-ethyl adjacent to an activating group) is 1. The van der Waals surface area contributed by atoms with Gasteiger partial charge >= 0.3 is 0 Å². The Morgan fingerprint density at radius 2 is 1.77 bits per heavy atom. The number of carbonyl (C=O) groups is 2. The number of aromatic nitrogens is 2. The molecule has 0 unspecified atom stereocenters. The lowest BCUT2D eigenvalue weighted by Crippen LogP contribution is -2.49. The summed E-state index contributed by atoms with van der Waals surface area (Å²) in [4.78, 5) is 39.5. The number of thiazole rings is 1. The van der Waals surface area contributed by atoms with Crippen molar-refractivity contribution in [1.29, 1.82) is 0 Å². The van der Waals surface area contributed by atoms with Gasteiger partial charge in [-0.15, -0.1) is 11.3 Å². The third kappa shape index (κ3) is 8.64. The maximum Gasteiger partial charge on any atom is 0.254 e. The first-order valence-corrected chi connectivity index (χ1v) is 15.5. The standard InChI is InChI=1S/C34H41N5O4S/c1-22(2)29-18-27(12-13-35-29)38(4)19-31(40)30(14-24-10-8-7-9-11-24)37-33(41)25-15-26(17-28(16-25)43-6)34(42)39(5)20-32-36-23(3)21-44-32/h7-13,15-18,21-22,30-31,40H,14,19-20H2,1-6H3,(H,37,41)/t30-,31+/m0/s1. The van der Waals surface area contributed by atoms with E-state index >= 15 is 0 Å². The lowest BCUT2D eigenvalue weighted by Gasteiger charge is -2.29. The maximum absolute atomic E-state index is 13.7. The third-order valence-electron chi connectivity index (χ3n) is 7.37. The number of amides is 2. The molecule has 10 heteroatoms. The summed E-state index contributed by atoms with van der Waals surface area (Å²) in [5.41, 5.74) is 4.37. The Hall–Kier alpha value is -4.28. The molecule has 0 radical (unpaired) electrons. The minimum Gasteiger partial charge on any atom is -0.497 e. The second kappa shape index (κ2) is 14.9. The molecule has 2 heterocycles. The summed E-state index contributed by atoms with van der Waals surface area (Å²) in [6, 6.07) is 17.8. The van der Waals surface area contributed by atoms with Crippen LogP contribution in [0.5, 0.6) is 5.75 Å². The summed E-state index contributed by atoms with van der Waals surface area (Å²) in [5.74, 6) is -0.0105. The Kier molecular flexibility index (Phi) is 11.1. The number of pyridine rings is 1. The highest BCUT2D eigenvalue weighted by Crippen LogP contribution is 2.22. The first kappa shape index (κ1) is 32.6. The number of aryl methyl sites for hydroxylation is 1. The van der Waals surface area contributed by atoms with Gasteiger partial charge in [0.1, 0.15) is 10.8 Å². The minimum atomic E-state index is -0.903. The van der Waals surface area contributed by atoms with Gasteiger partial charge in [0, 0.05) is 60.4 Å². The Balaban J connectivity index is 1.55. The number of methoxy groups -OCH3 is 1. The lowest BCUT2D eigenvalue weighted by molar-refractivity contribution is 0.0784. The van der Waals surface area contributed by atoms with Crippen LogP contribution in [-0.2, 0) is 13.0 Å². The fourth-order valence-electron chi connectivity index (χ4n) is 4.85. The van der Waals surface area contributed by atoms with Gasteiger partial charge < -0.3 is 25.0 Å². The van der Waals surface area contributed by atoms with Crippen LogP contribution in [0.25, 0.3) is 0 Å². The summed E-state index contributed by atoms with van der Waals surface area (Å²) < 4.78 is 5.45. The highest BCUT2D eigenvalue weighted by molar-refractivity contribution is 7.09. The Morgan fingerprint density at radius 1 is 1.05 bits per heavy atom. The molecule has 0 spiro atoms. The van der Waals surface area contributed by atoms with Crippen molar-refractivity contribution < 1.29 is 19.4 Å². The number of nitrogens with zero attached hydrogens (tertiary/aromatic N) is 4. The van der Waals surface area contributed by atoms with Crippen LogP contribution in [-0.4, -0.2) is 71.7 Å². The van der Waals surface area contributed by atoms with Crippen LogP contribution in [0.1, 0.15) is 62.4 Å². The van der Waals surface area contributed by atoms with Crippen molar-refractivity contribution in [2.24, 2.45) is 0 Å². The molecule has 0 saturated carbocycles. The molecule has 4 rings (SSSR count). The molecular formula is C34H41N5O4S. The second-order valence-electron chi connectivity index (χ2n) is 11.3. The second-order valence-corrected chi connectivity index (χ2v) is 12.2. The number of anilines is 1. The Morgan fingerprint density at radius 3 is 2.43 bits per heavy atom. The number of aliphatic hydroxyl groups excluding tert-OH is 1. The van der Waals surface area contributed by atoms with E-state index in [1.165, 1.54) is 18.4 Å². The molecule has 9 nitrogen and oxygen atoms in total. The fraction of sp³-hybridized carbons (Fsp3) is 0.353. The molecule has 0 aliphatic rings. The molecule has 2 aromatic heterocycles. The van der Waals surface area contributed by atoms with Crippen molar-refractivity contribution in [2.75, 3.05) is 32.6 Å². The number of ether oxygens (including phenoxy) is 1. The Bertz CT molecular complexity index is 1560. The first-order valence-electron chi connectivity index (χ1n) is 14.6. The maximum atomic E-state index is 13.7. The molecule has 0 aliphatic carbocycles. The van der Waals surface area contributed by atoms with E-state index in [9.17, 15) is 14.7 Å². The van der Waals surface area contributed by atoms with Gasteiger partial charge in [-0.05, 0) is 55.2 Å². The quantitative estimate of drug-likeness (QED) is 0.216. The number of hydrogen-bond donors (Lipinski definition) is 2. The topological polar surface area (TPSA) is 108 Å². The van der Waals surface area contributed by atoms with Crippen molar-refractivity contribution in [2.45, 2.75) is 51.8 Å². The predicted octanol–water partition coefficient (Wildman–Crippen LogP) is 5.09. The highest BCUT2D eigenvalue weighted by Gasteiger charge is 2.25. The monoisotopic (exact) mass is 615 g/mol. The normalized spacial score (nSPS) is 12.5. The van der Waals surface area contributed by atoms with E-state index in [0.29, 0.717) is 24.3 Å². The molecule has 2 atom stereocenters. The zero-order valence-corrected chi connectivity index (χ0v) is 27.0. The smallest absolute Gasteiger partial charge is 0.254 e. The summed E-state index contributed by atoms with van der Waals surface area (Å²) in [5, 5.41) is 17.3. The third-order valence-corrected chi connectivity index (χ3v) is 8.33. The van der Waals surface area contributed by atoms with E-state index in [0.717, 1.165) is 27.6 Å². The molecule has 0 saturated heterocycles. The molecule has 4 aromatic rings. The number of rotatable bonds is 13. The van der Waals surface area contributed by atoms with Gasteiger partial charge in [-0.2, -0.15) is 0 Å². The predicted molar refractivity (Wildman–Crippen MR) is 175 cm³/mol. The van der Waals surface area contributed by atoms with E-state index < -0.39 is 18.1 Å². The lowest BCUT2D eigenvalue weighted by atomic mass is 9.99. The molecule has 44 heavy (non-hydrogen) atoms. The molecule has 2 amide bonds. The minimum absolute atomic E-state index is 0.258. The van der Waals surface area contributed by atoms with Gasteiger partial charge in [-0.3, -0.25) is 14.6 Å². The number of benzene rings is 2. The van der Waals surface area contributed by atoms with Gasteiger partial charge in [0.2, 0.25) is 0 Å². The van der Waals surface area contributed by atoms with Crippen molar-refractivity contribution in [3.8, 4) is 5.75 Å². The van der Waals surface area contributed by atoms with Crippen LogP contribution in [0.2, 0.25) is 0 Å². The largest absolute Gasteiger partial charge is 0.497 e. The van der Waals surface area contributed by atoms with E-state index in [-0.39, 0.29) is 23.9 Å². The molecule has 232 valence electrons. The summed E-state index contributed by atoms with van der Waals surface area (Å²) in [6.07, 6.45) is 1.29. The SMILES string of the molecule is COc1cc(C(=O)N[C@@H](Cc2ccccc2)[C@H](O)CN(C)c2ccnc(C(C)C)c2)cc(C(=O)N(C)Cc2nc(C)cs2)c1. The van der Waals surface area contributed by atoms with Crippen LogP contribution in [0.4, 0.5) is 5.69 Å². The average Bonchev–Trinajstić information content (AvgIpc) is 3.44. The average molecular weight is 616 g/mol. The number of carbonyl (C=O) groups excluding carboxylic acids is 2. The van der Waals surface area contributed by atoms with E-state index in [1.807, 2.05) is 66.7 Å². The van der Waals surface area contributed by atoms with Gasteiger partial charge in [0.15, 0.2) is 0 Å². The van der Waals surface area contributed by atoms with Crippen molar-refractivity contribution in [1.82, 2.24) is 20.2 Å². The zero-order chi connectivity index (χ0) is 31.8. The number of nitrogens with one attached hydrogen (secondary N) is 1. The van der Waals surface area contributed by atoms with Gasteiger partial charge in [0.05, 0.1) is 25.8 Å². The summed E-state index contributed by atoms with van der Waals surface area (Å²) in [6.45, 7) is 6.72. The van der Waals surface area contributed by atoms with Crippen LogP contribution in [0, 0.1) is 6.92 Å². The van der Waals surface area contributed by atoms with Crippen molar-refractivity contribution >= 4 is 28.8 Å². The first-order chi connectivity index (χ1) is 21.0. The van der Waals surface area contributed by atoms with E-state index in [4.69, 9.17) is 4.74 Å². The van der Waals surface area contributed by atoms with Crippen LogP contribution < -0.4 is 15.0 Å². The fourth-order valence-corrected chi connectivity index (χ4v) is 5.67. The molecule has 0 fully saturated rings. The van der Waals surface area contributed by atoms with E-state index in [1.54, 1.807) is 36.3 Å². The Labute approximate surface area is 263 Å². The van der Waals surface area contributed by atoms with E-state index in [2.05, 4.69) is 29.1 Å². The van der Waals surface area contributed by atoms with Crippen molar-refractivity contribution in [3.05, 3.63) is 105 Å². The number of hydrogen-bond acceptors (Lipinski definition) is 8. The molecule has 2 N–H and O–H groups in total. The summed E-state index contributed by atoms with van der Waals surface area (Å²) in [7, 11) is 5.11. The van der Waals surface area contributed by atoms with Crippen molar-refractivity contribution in [3.63, 3.8) is 0 Å². The molecule has 2 aromatic carbocycles. The zero-order valence-electron chi connectivity index (χ0n) is 26.2. The summed E-state index contributed by atoms with van der Waals surface area (Å²) >= 11 is 1.50. The van der Waals surface area contributed by atoms with Gasteiger partial charge in [0.25, 0.3) is 11.8 Å². The molecule has 0 aliphatic heterocycles. The van der Waals surface area contributed by atoms with Crippen LogP contribution in [0.3, 0.4) is 0 Å². The molecular weight excluding hydrogens is 574 g/mol. The van der Waals surface area contributed by atoms with Gasteiger partial charge in [-0.1, -0.05) is 44.2 Å².